The van der Waals surface area contributed by atoms with Gasteiger partial charge < -0.3 is 79.0 Å². The van der Waals surface area contributed by atoms with Crippen molar-refractivity contribution in [1.82, 2.24) is 57.8 Å². The third-order valence-corrected chi connectivity index (χ3v) is 11.4. The Kier molecular flexibility index (Phi) is 25.5. The van der Waals surface area contributed by atoms with Crippen LogP contribution in [-0.2, 0) is 67.2 Å². The molecule has 0 saturated heterocycles. The topological polar surface area (TPSA) is 415 Å². The van der Waals surface area contributed by atoms with Gasteiger partial charge in [0, 0.05) is 31.2 Å². The highest BCUT2D eigenvalue weighted by molar-refractivity contribution is 5.98. The van der Waals surface area contributed by atoms with Gasteiger partial charge in [0.2, 0.25) is 53.2 Å². The maximum atomic E-state index is 13.8. The third-order valence-electron chi connectivity index (χ3n) is 11.4. The van der Waals surface area contributed by atoms with Crippen LogP contribution in [0.3, 0.4) is 0 Å². The maximum absolute atomic E-state index is 13.8. The van der Waals surface area contributed by atoms with E-state index in [1.807, 2.05) is 0 Å². The zero-order valence-electron chi connectivity index (χ0n) is 42.3. The van der Waals surface area contributed by atoms with Crippen LogP contribution in [0.15, 0.2) is 73.2 Å². The van der Waals surface area contributed by atoms with Crippen molar-refractivity contribution in [3.8, 4) is 0 Å². The summed E-state index contributed by atoms with van der Waals surface area (Å²) >= 11 is 0. The first-order valence-corrected chi connectivity index (χ1v) is 24.1. The maximum Gasteiger partial charge on any atom is 0.326 e. The Bertz CT molecular complexity index is 2370. The fraction of sp³-hybridized carbons (Fsp3) is 0.490. The number of carboxylic acid groups (broad SMARTS) is 1. The van der Waals surface area contributed by atoms with Crippen LogP contribution < -0.4 is 53.6 Å². The highest BCUT2D eigenvalue weighted by Gasteiger charge is 2.36. The van der Waals surface area contributed by atoms with Crippen LogP contribution in [0.25, 0.3) is 0 Å². The van der Waals surface area contributed by atoms with E-state index in [-0.39, 0.29) is 31.6 Å². The summed E-state index contributed by atoms with van der Waals surface area (Å²) in [5.74, 6) is -10.5. The van der Waals surface area contributed by atoms with E-state index >= 15 is 0 Å². The number of hydrogen-bond donors (Lipinski definition) is 15. The van der Waals surface area contributed by atoms with Crippen molar-refractivity contribution in [1.29, 1.82) is 0 Å². The number of benzene rings is 2. The molecule has 0 aliphatic carbocycles. The second-order valence-corrected chi connectivity index (χ2v) is 18.4. The van der Waals surface area contributed by atoms with E-state index in [1.165, 1.54) is 12.5 Å². The Balaban J connectivity index is 1.71. The lowest BCUT2D eigenvalue weighted by Gasteiger charge is -2.28. The summed E-state index contributed by atoms with van der Waals surface area (Å²) in [5, 5.41) is 62.5. The Morgan fingerprint density at radius 1 is 0.547 bits per heavy atom. The number of aliphatic hydroxyl groups excluding tert-OH is 3. The lowest BCUT2D eigenvalue weighted by Crippen LogP contribution is -2.62. The molecule has 9 amide bonds. The molecule has 0 radical (unpaired) electrons. The van der Waals surface area contributed by atoms with Gasteiger partial charge in [-0.25, -0.2) is 9.78 Å². The molecule has 0 bridgehead atoms. The Hall–Kier alpha value is -7.81. The number of imidazole rings is 1. The summed E-state index contributed by atoms with van der Waals surface area (Å²) in [5.41, 5.74) is 7.08. The zero-order valence-corrected chi connectivity index (χ0v) is 42.3. The number of aromatic nitrogens is 2. The molecule has 0 spiro atoms. The Morgan fingerprint density at radius 2 is 1.01 bits per heavy atom. The molecular formula is C49H70N12O14. The molecule has 0 aliphatic rings. The first-order valence-electron chi connectivity index (χ1n) is 24.1. The lowest BCUT2D eigenvalue weighted by atomic mass is 10.0. The van der Waals surface area contributed by atoms with Gasteiger partial charge in [-0.2, -0.15) is 0 Å². The van der Waals surface area contributed by atoms with Crippen LogP contribution in [0.5, 0.6) is 0 Å². The van der Waals surface area contributed by atoms with Gasteiger partial charge in [0.1, 0.15) is 48.3 Å². The molecule has 26 nitrogen and oxygen atoms in total. The van der Waals surface area contributed by atoms with Crippen LogP contribution in [0.4, 0.5) is 0 Å². The Morgan fingerprint density at radius 3 is 1.48 bits per heavy atom. The van der Waals surface area contributed by atoms with Crippen LogP contribution in [-0.4, -0.2) is 170 Å². The number of carboxylic acids is 1. The molecule has 2 aromatic carbocycles. The fourth-order valence-corrected chi connectivity index (χ4v) is 7.33. The number of hydrogen-bond acceptors (Lipinski definition) is 15. The molecule has 3 rings (SSSR count). The fourth-order valence-electron chi connectivity index (χ4n) is 7.33. The molecule has 0 unspecified atom stereocenters. The largest absolute Gasteiger partial charge is 0.480 e. The van der Waals surface area contributed by atoms with Gasteiger partial charge >= 0.3 is 5.97 Å². The predicted molar refractivity (Wildman–Crippen MR) is 268 cm³/mol. The van der Waals surface area contributed by atoms with E-state index in [9.17, 15) is 68.4 Å². The minimum atomic E-state index is -1.81. The monoisotopic (exact) mass is 1050 g/mol. The quantitative estimate of drug-likeness (QED) is 0.0289. The van der Waals surface area contributed by atoms with Gasteiger partial charge in [-0.15, -0.1) is 0 Å². The smallest absolute Gasteiger partial charge is 0.326 e. The number of carbonyl (C=O) groups excluding carboxylic acids is 9. The van der Waals surface area contributed by atoms with Gasteiger partial charge in [-0.05, 0) is 36.3 Å². The SMILES string of the molecule is CC(C)C[C@H](NC(=O)[C@H](CO)NC(=O)[C@H](Cc1ccccc1)NC(=O)CN)C(=O)N[C@H](C(=O)N[C@@H](CO)C(=O)N[C@@H](Cc1ccccc1)C(=O)NCC(=O)N[C@H](C(=O)N[C@@H](Cc1cnc[nH]1)C(=O)O)C(C)C)[C@@H](C)O. The molecule has 1 aromatic heterocycles. The number of aromatic amines is 1. The first kappa shape index (κ1) is 61.5. The molecular weight excluding hydrogens is 981 g/mol. The molecule has 0 fully saturated rings. The molecule has 410 valence electrons. The molecule has 0 aliphatic heterocycles. The van der Waals surface area contributed by atoms with E-state index in [1.54, 1.807) is 88.4 Å². The summed E-state index contributed by atoms with van der Waals surface area (Å²) in [4.78, 5) is 139. The number of rotatable bonds is 31. The average Bonchev–Trinajstić information content (AvgIpc) is 3.89. The molecule has 26 heteroatoms. The van der Waals surface area contributed by atoms with E-state index < -0.39 is 146 Å². The summed E-state index contributed by atoms with van der Waals surface area (Å²) < 4.78 is 0. The number of nitrogens with two attached hydrogens (primary N) is 1. The standard InChI is InChI=1S/C49H70N12O14/c1-26(2)16-32(55-45(70)36(23-62)58-43(68)34(54-38(65)20-50)18-30-14-10-7-11-15-30)44(69)61-41(28(5)64)48(73)59-37(24-63)46(71)56-33(17-29-12-8-6-9-13-29)42(67)52-22-39(66)60-40(27(3)4)47(72)57-35(49(74)75)19-31-21-51-25-53-31/h6-15,21,25-28,32-37,40-41,62-64H,16-20,22-24,50H2,1-5H3,(H,51,53)(H,52,67)(H,54,65)(H,55,70)(H,56,71)(H,57,72)(H,58,68)(H,59,73)(H,60,66)(H,61,69)(H,74,75)/t28-,32+,33+,34+,35+,36+,37+,40+,41+/m1/s1. The molecule has 1 heterocycles. The second-order valence-electron chi connectivity index (χ2n) is 18.4. The van der Waals surface area contributed by atoms with E-state index in [0.29, 0.717) is 16.8 Å². The summed E-state index contributed by atoms with van der Waals surface area (Å²) in [7, 11) is 0. The zero-order chi connectivity index (χ0) is 55.8. The van der Waals surface area contributed by atoms with E-state index in [0.717, 1.165) is 6.92 Å². The molecule has 75 heavy (non-hydrogen) atoms. The van der Waals surface area contributed by atoms with Crippen LogP contribution in [0.2, 0.25) is 0 Å². The highest BCUT2D eigenvalue weighted by Crippen LogP contribution is 2.10. The van der Waals surface area contributed by atoms with Crippen LogP contribution in [0.1, 0.15) is 57.9 Å². The van der Waals surface area contributed by atoms with Gasteiger partial charge in [0.05, 0.1) is 38.7 Å². The van der Waals surface area contributed by atoms with Gasteiger partial charge in [-0.1, -0.05) is 88.4 Å². The number of amides is 9. The van der Waals surface area contributed by atoms with Crippen molar-refractivity contribution in [2.24, 2.45) is 17.6 Å². The van der Waals surface area contributed by atoms with Crippen LogP contribution >= 0.6 is 0 Å². The van der Waals surface area contributed by atoms with Crippen molar-refractivity contribution < 1.29 is 68.4 Å². The third kappa shape index (κ3) is 20.9. The lowest BCUT2D eigenvalue weighted by molar-refractivity contribution is -0.142. The Labute approximate surface area is 432 Å². The first-order chi connectivity index (χ1) is 35.6. The summed E-state index contributed by atoms with van der Waals surface area (Å²) in [6.07, 6.45) is 0.759. The highest BCUT2D eigenvalue weighted by atomic mass is 16.4. The van der Waals surface area contributed by atoms with Gasteiger partial charge in [0.25, 0.3) is 0 Å². The molecule has 9 atom stereocenters. The van der Waals surface area contributed by atoms with Crippen molar-refractivity contribution in [2.45, 2.75) is 115 Å². The van der Waals surface area contributed by atoms with Crippen molar-refractivity contribution in [2.75, 3.05) is 26.3 Å². The number of nitrogens with zero attached hydrogens (tertiary/aromatic N) is 1. The minimum Gasteiger partial charge on any atom is -0.480 e. The van der Waals surface area contributed by atoms with Gasteiger partial charge in [-0.3, -0.25) is 43.2 Å². The minimum absolute atomic E-state index is 0.000961. The number of nitrogens with one attached hydrogen (secondary N) is 10. The predicted octanol–water partition coefficient (Wildman–Crippen LogP) is -4.46. The summed E-state index contributed by atoms with van der Waals surface area (Å²) in [6.45, 7) is 4.65. The number of aliphatic hydroxyl groups is 3. The number of H-pyrrole nitrogens is 1. The van der Waals surface area contributed by atoms with E-state index in [4.69, 9.17) is 5.73 Å². The molecule has 16 N–H and O–H groups in total. The number of aliphatic carboxylic acids is 1. The summed E-state index contributed by atoms with van der Waals surface area (Å²) in [6, 6.07) is 5.01. The number of carbonyl (C=O) groups is 10. The van der Waals surface area contributed by atoms with E-state index in [2.05, 4.69) is 57.8 Å². The van der Waals surface area contributed by atoms with Crippen molar-refractivity contribution in [3.63, 3.8) is 0 Å². The normalized spacial score (nSPS) is 14.7. The van der Waals surface area contributed by atoms with Gasteiger partial charge in [0.15, 0.2) is 0 Å². The average molecular weight is 1050 g/mol. The van der Waals surface area contributed by atoms with Crippen molar-refractivity contribution in [3.05, 3.63) is 90.0 Å². The molecule has 0 saturated carbocycles. The van der Waals surface area contributed by atoms with Crippen molar-refractivity contribution >= 4 is 59.1 Å². The molecule has 3 aromatic rings. The van der Waals surface area contributed by atoms with Crippen LogP contribution in [0, 0.1) is 11.8 Å². The second kappa shape index (κ2) is 31.0.